The Morgan fingerprint density at radius 2 is 1.90 bits per heavy atom. The summed E-state index contributed by atoms with van der Waals surface area (Å²) in [6.07, 6.45) is 4.65. The second kappa shape index (κ2) is 5.63. The number of rotatable bonds is 3. The quantitative estimate of drug-likeness (QED) is 0.816. The van der Waals surface area contributed by atoms with E-state index in [-0.39, 0.29) is 12.0 Å². The van der Waals surface area contributed by atoms with Crippen LogP contribution in [0.3, 0.4) is 0 Å². The van der Waals surface area contributed by atoms with Crippen molar-refractivity contribution < 1.29 is 9.18 Å². The third-order valence-corrected chi connectivity index (χ3v) is 3.92. The maximum Gasteiger partial charge on any atom is 0.162 e. The number of hydrogen-bond acceptors (Lipinski definition) is 4. The Morgan fingerprint density at radius 1 is 1.20 bits per heavy atom. The SMILES string of the molecule is O=CC1NC(c2ccc(F)cc2)=CN1C1CCNCC1. The van der Waals surface area contributed by atoms with Gasteiger partial charge in [-0.05, 0) is 55.8 Å². The van der Waals surface area contributed by atoms with Crippen molar-refractivity contribution in [3.05, 3.63) is 41.8 Å². The molecule has 5 heteroatoms. The summed E-state index contributed by atoms with van der Waals surface area (Å²) in [7, 11) is 0. The predicted octanol–water partition coefficient (Wildman–Crippen LogP) is 1.31. The van der Waals surface area contributed by atoms with Gasteiger partial charge >= 0.3 is 0 Å². The Bertz CT molecular complexity index is 508. The van der Waals surface area contributed by atoms with Gasteiger partial charge in [0.15, 0.2) is 12.5 Å². The minimum absolute atomic E-state index is 0.255. The molecule has 2 N–H and O–H groups in total. The van der Waals surface area contributed by atoms with Gasteiger partial charge in [-0.25, -0.2) is 4.39 Å². The lowest BCUT2D eigenvalue weighted by Gasteiger charge is -2.33. The Morgan fingerprint density at radius 3 is 2.55 bits per heavy atom. The number of piperidine rings is 1. The molecule has 1 saturated heterocycles. The highest BCUT2D eigenvalue weighted by atomic mass is 19.1. The Hall–Kier alpha value is -1.88. The molecule has 1 aromatic rings. The van der Waals surface area contributed by atoms with Crippen molar-refractivity contribution in [3.8, 4) is 0 Å². The lowest BCUT2D eigenvalue weighted by molar-refractivity contribution is -0.112. The fourth-order valence-corrected chi connectivity index (χ4v) is 2.83. The van der Waals surface area contributed by atoms with Crippen molar-refractivity contribution in [2.75, 3.05) is 13.1 Å². The van der Waals surface area contributed by atoms with Gasteiger partial charge in [-0.15, -0.1) is 0 Å². The molecular weight excluding hydrogens is 257 g/mol. The molecule has 0 aliphatic carbocycles. The molecule has 0 aromatic heterocycles. The van der Waals surface area contributed by atoms with Gasteiger partial charge in [0.25, 0.3) is 0 Å². The first-order valence-corrected chi connectivity index (χ1v) is 6.95. The van der Waals surface area contributed by atoms with Gasteiger partial charge < -0.3 is 15.5 Å². The van der Waals surface area contributed by atoms with E-state index < -0.39 is 0 Å². The highest BCUT2D eigenvalue weighted by molar-refractivity contribution is 5.72. The van der Waals surface area contributed by atoms with Crippen molar-refractivity contribution in [1.82, 2.24) is 15.5 Å². The van der Waals surface area contributed by atoms with Crippen LogP contribution in [-0.2, 0) is 4.79 Å². The fraction of sp³-hybridized carbons (Fsp3) is 0.400. The summed E-state index contributed by atoms with van der Waals surface area (Å²) >= 11 is 0. The fourth-order valence-electron chi connectivity index (χ4n) is 2.83. The molecule has 0 spiro atoms. The van der Waals surface area contributed by atoms with Gasteiger partial charge in [-0.1, -0.05) is 0 Å². The molecule has 2 heterocycles. The van der Waals surface area contributed by atoms with Crippen LogP contribution >= 0.6 is 0 Å². The summed E-state index contributed by atoms with van der Waals surface area (Å²) < 4.78 is 13.0. The molecule has 1 fully saturated rings. The van der Waals surface area contributed by atoms with Gasteiger partial charge in [-0.2, -0.15) is 0 Å². The molecule has 2 aliphatic heterocycles. The molecule has 2 aliphatic rings. The van der Waals surface area contributed by atoms with Crippen LogP contribution in [0.25, 0.3) is 5.70 Å². The van der Waals surface area contributed by atoms with E-state index in [1.54, 1.807) is 12.1 Å². The maximum absolute atomic E-state index is 13.0. The molecule has 4 nitrogen and oxygen atoms in total. The first-order valence-electron chi connectivity index (χ1n) is 6.95. The molecule has 20 heavy (non-hydrogen) atoms. The molecule has 106 valence electrons. The summed E-state index contributed by atoms with van der Waals surface area (Å²) in [6, 6.07) is 6.68. The highest BCUT2D eigenvalue weighted by Gasteiger charge is 2.30. The normalized spacial score (nSPS) is 23.4. The number of nitrogens with one attached hydrogen (secondary N) is 2. The minimum Gasteiger partial charge on any atom is -0.358 e. The average Bonchev–Trinajstić information content (AvgIpc) is 2.93. The maximum atomic E-state index is 13.0. The van der Waals surface area contributed by atoms with Gasteiger partial charge in [0.1, 0.15) is 5.82 Å². The van der Waals surface area contributed by atoms with Crippen LogP contribution in [0.15, 0.2) is 30.5 Å². The van der Waals surface area contributed by atoms with E-state index >= 15 is 0 Å². The number of carbonyl (C=O) groups is 1. The van der Waals surface area contributed by atoms with Crippen LogP contribution < -0.4 is 10.6 Å². The number of nitrogens with zero attached hydrogens (tertiary/aromatic N) is 1. The van der Waals surface area contributed by atoms with Gasteiger partial charge in [0.2, 0.25) is 0 Å². The summed E-state index contributed by atoms with van der Waals surface area (Å²) in [4.78, 5) is 13.4. The van der Waals surface area contributed by atoms with E-state index in [9.17, 15) is 9.18 Å². The first-order chi connectivity index (χ1) is 9.78. The van der Waals surface area contributed by atoms with Gasteiger partial charge in [0, 0.05) is 12.2 Å². The number of benzene rings is 1. The van der Waals surface area contributed by atoms with Crippen LogP contribution in [0, 0.1) is 5.82 Å². The standard InChI is InChI=1S/C15H18FN3O/c16-12-3-1-11(2-4-12)14-9-19(15(10-20)18-14)13-5-7-17-8-6-13/h1-4,9-10,13,15,17-18H,5-8H2. The summed E-state index contributed by atoms with van der Waals surface area (Å²) in [5, 5.41) is 6.52. The molecule has 0 bridgehead atoms. The number of aldehydes is 1. The number of halogens is 1. The third-order valence-electron chi connectivity index (χ3n) is 3.92. The zero-order chi connectivity index (χ0) is 13.9. The van der Waals surface area contributed by atoms with Crippen molar-refractivity contribution in [3.63, 3.8) is 0 Å². The van der Waals surface area contributed by atoms with Crippen LogP contribution in [0.5, 0.6) is 0 Å². The van der Waals surface area contributed by atoms with Crippen LogP contribution in [0.2, 0.25) is 0 Å². The van der Waals surface area contributed by atoms with Crippen molar-refractivity contribution in [1.29, 1.82) is 0 Å². The third kappa shape index (κ3) is 2.54. The predicted molar refractivity (Wildman–Crippen MR) is 75.1 cm³/mol. The summed E-state index contributed by atoms with van der Waals surface area (Å²) in [6.45, 7) is 1.96. The molecule has 0 saturated carbocycles. The second-order valence-electron chi connectivity index (χ2n) is 5.20. The van der Waals surface area contributed by atoms with E-state index in [1.807, 2.05) is 6.20 Å². The van der Waals surface area contributed by atoms with E-state index in [0.29, 0.717) is 6.04 Å². The van der Waals surface area contributed by atoms with E-state index in [2.05, 4.69) is 15.5 Å². The average molecular weight is 275 g/mol. The Kier molecular flexibility index (Phi) is 3.69. The molecule has 1 unspecified atom stereocenters. The van der Waals surface area contributed by atoms with Crippen LogP contribution in [0.1, 0.15) is 18.4 Å². The van der Waals surface area contributed by atoms with Gasteiger partial charge in [-0.3, -0.25) is 4.79 Å². The molecule has 0 radical (unpaired) electrons. The number of hydrogen-bond donors (Lipinski definition) is 2. The largest absolute Gasteiger partial charge is 0.358 e. The molecule has 1 atom stereocenters. The van der Waals surface area contributed by atoms with E-state index in [4.69, 9.17) is 0 Å². The number of carbonyl (C=O) groups excluding carboxylic acids is 1. The summed E-state index contributed by atoms with van der Waals surface area (Å²) in [5.74, 6) is -0.255. The monoisotopic (exact) mass is 275 g/mol. The Balaban J connectivity index is 1.82. The topological polar surface area (TPSA) is 44.4 Å². The van der Waals surface area contributed by atoms with E-state index in [0.717, 1.165) is 43.5 Å². The van der Waals surface area contributed by atoms with Crippen LogP contribution in [-0.4, -0.2) is 36.5 Å². The lowest BCUT2D eigenvalue weighted by Crippen LogP contribution is -2.47. The zero-order valence-electron chi connectivity index (χ0n) is 11.2. The molecule has 3 rings (SSSR count). The van der Waals surface area contributed by atoms with Gasteiger partial charge in [0.05, 0.1) is 5.70 Å². The zero-order valence-corrected chi connectivity index (χ0v) is 11.2. The van der Waals surface area contributed by atoms with Crippen molar-refractivity contribution in [2.45, 2.75) is 25.0 Å². The smallest absolute Gasteiger partial charge is 0.162 e. The lowest BCUT2D eigenvalue weighted by atomic mass is 10.1. The second-order valence-corrected chi connectivity index (χ2v) is 5.20. The highest BCUT2D eigenvalue weighted by Crippen LogP contribution is 2.25. The molecule has 1 aromatic carbocycles. The minimum atomic E-state index is -0.321. The summed E-state index contributed by atoms with van der Waals surface area (Å²) in [5.41, 5.74) is 1.77. The molecule has 0 amide bonds. The van der Waals surface area contributed by atoms with Crippen molar-refractivity contribution in [2.24, 2.45) is 0 Å². The molecular formula is C15H18FN3O. The Labute approximate surface area is 117 Å². The van der Waals surface area contributed by atoms with E-state index in [1.165, 1.54) is 12.1 Å². The first kappa shape index (κ1) is 13.1. The van der Waals surface area contributed by atoms with Crippen LogP contribution in [0.4, 0.5) is 4.39 Å². The van der Waals surface area contributed by atoms with Crippen molar-refractivity contribution >= 4 is 12.0 Å².